The summed E-state index contributed by atoms with van der Waals surface area (Å²) >= 11 is 6.10. The van der Waals surface area contributed by atoms with Crippen molar-refractivity contribution in [2.24, 2.45) is 5.73 Å². The number of esters is 1. The molecule has 20 heavy (non-hydrogen) atoms. The van der Waals surface area contributed by atoms with E-state index in [9.17, 15) is 9.59 Å². The lowest BCUT2D eigenvalue weighted by molar-refractivity contribution is -0.141. The van der Waals surface area contributed by atoms with E-state index in [1.807, 2.05) is 4.90 Å². The molecule has 1 aromatic rings. The van der Waals surface area contributed by atoms with Crippen LogP contribution in [-0.2, 0) is 16.1 Å². The molecular formula is C12H17ClN4O3. The number of carbonyl (C=O) groups is 1. The molecule has 2 heterocycles. The van der Waals surface area contributed by atoms with Gasteiger partial charge in [-0.1, -0.05) is 11.6 Å². The van der Waals surface area contributed by atoms with Crippen molar-refractivity contribution in [3.63, 3.8) is 0 Å². The summed E-state index contributed by atoms with van der Waals surface area (Å²) in [6.07, 6.45) is 3.40. The summed E-state index contributed by atoms with van der Waals surface area (Å²) in [7, 11) is 1.25. The quantitative estimate of drug-likeness (QED) is 0.790. The second kappa shape index (κ2) is 6.23. The highest BCUT2D eigenvalue weighted by Gasteiger charge is 2.21. The van der Waals surface area contributed by atoms with Gasteiger partial charge in [-0.05, 0) is 12.8 Å². The van der Waals surface area contributed by atoms with Gasteiger partial charge in [0, 0.05) is 19.1 Å². The maximum atomic E-state index is 12.1. The second-order valence-electron chi connectivity index (χ2n) is 4.73. The van der Waals surface area contributed by atoms with Crippen molar-refractivity contribution in [1.29, 1.82) is 0 Å². The minimum atomic E-state index is -0.552. The normalized spacial score (nSPS) is 18.9. The number of nitrogens with zero attached hydrogens (tertiary/aromatic N) is 3. The third-order valence-corrected chi connectivity index (χ3v) is 3.63. The average molecular weight is 301 g/mol. The first-order valence-electron chi connectivity index (χ1n) is 6.36. The van der Waals surface area contributed by atoms with Gasteiger partial charge in [0.05, 0.1) is 19.0 Å². The van der Waals surface area contributed by atoms with E-state index in [0.29, 0.717) is 12.2 Å². The molecule has 8 heteroatoms. The summed E-state index contributed by atoms with van der Waals surface area (Å²) in [5.41, 5.74) is 5.97. The van der Waals surface area contributed by atoms with Gasteiger partial charge in [0.2, 0.25) is 0 Å². The number of hydrogen-bond acceptors (Lipinski definition) is 6. The largest absolute Gasteiger partial charge is 0.468 e. The monoisotopic (exact) mass is 300 g/mol. The van der Waals surface area contributed by atoms with Crippen LogP contribution in [0.5, 0.6) is 0 Å². The zero-order valence-corrected chi connectivity index (χ0v) is 12.0. The van der Waals surface area contributed by atoms with Gasteiger partial charge in [0.1, 0.15) is 11.6 Å². The van der Waals surface area contributed by atoms with Crippen molar-refractivity contribution >= 4 is 23.3 Å². The Kier molecular flexibility index (Phi) is 4.61. The smallest absolute Gasteiger partial charge is 0.327 e. The van der Waals surface area contributed by atoms with Crippen molar-refractivity contribution in [3.8, 4) is 0 Å². The van der Waals surface area contributed by atoms with Gasteiger partial charge in [-0.2, -0.15) is 5.10 Å². The lowest BCUT2D eigenvalue weighted by Gasteiger charge is -2.32. The Morgan fingerprint density at radius 2 is 2.40 bits per heavy atom. The van der Waals surface area contributed by atoms with Gasteiger partial charge < -0.3 is 15.4 Å². The standard InChI is InChI=1S/C12H17ClN4O3/c1-20-10(18)7-17-12(19)11(13)9(5-15-17)16-4-2-3-8(14)6-16/h5,8H,2-4,6-7,14H2,1H3. The highest BCUT2D eigenvalue weighted by Crippen LogP contribution is 2.24. The number of piperidine rings is 1. The fraction of sp³-hybridized carbons (Fsp3) is 0.583. The van der Waals surface area contributed by atoms with Crippen LogP contribution >= 0.6 is 11.6 Å². The molecule has 0 amide bonds. The first-order chi connectivity index (χ1) is 9.52. The molecule has 110 valence electrons. The Bertz CT molecular complexity index is 560. The molecular weight excluding hydrogens is 284 g/mol. The van der Waals surface area contributed by atoms with E-state index >= 15 is 0 Å². The summed E-state index contributed by atoms with van der Waals surface area (Å²) in [5, 5.41) is 4.02. The molecule has 1 fully saturated rings. The summed E-state index contributed by atoms with van der Waals surface area (Å²) in [4.78, 5) is 25.2. The fourth-order valence-corrected chi connectivity index (χ4v) is 2.47. The maximum absolute atomic E-state index is 12.1. The first-order valence-corrected chi connectivity index (χ1v) is 6.73. The van der Waals surface area contributed by atoms with E-state index in [2.05, 4.69) is 9.84 Å². The maximum Gasteiger partial charge on any atom is 0.327 e. The molecule has 1 aliphatic heterocycles. The lowest BCUT2D eigenvalue weighted by atomic mass is 10.1. The zero-order chi connectivity index (χ0) is 14.7. The molecule has 7 nitrogen and oxygen atoms in total. The highest BCUT2D eigenvalue weighted by atomic mass is 35.5. The van der Waals surface area contributed by atoms with Gasteiger partial charge >= 0.3 is 5.97 Å². The number of halogens is 1. The van der Waals surface area contributed by atoms with Crippen LogP contribution in [0.15, 0.2) is 11.0 Å². The molecule has 2 rings (SSSR count). The van der Waals surface area contributed by atoms with Gasteiger partial charge in [-0.25, -0.2) is 4.68 Å². The number of carbonyl (C=O) groups excluding carboxylic acids is 1. The Morgan fingerprint density at radius 3 is 3.05 bits per heavy atom. The van der Waals surface area contributed by atoms with E-state index in [4.69, 9.17) is 17.3 Å². The highest BCUT2D eigenvalue weighted by molar-refractivity contribution is 6.33. The van der Waals surface area contributed by atoms with Crippen molar-refractivity contribution in [2.45, 2.75) is 25.4 Å². The summed E-state index contributed by atoms with van der Waals surface area (Å²) in [6, 6.07) is 0.0670. The molecule has 0 aliphatic carbocycles. The Morgan fingerprint density at radius 1 is 1.65 bits per heavy atom. The summed E-state index contributed by atoms with van der Waals surface area (Å²) < 4.78 is 5.49. The van der Waals surface area contributed by atoms with Crippen LogP contribution in [0.25, 0.3) is 0 Å². The van der Waals surface area contributed by atoms with Crippen molar-refractivity contribution in [3.05, 3.63) is 21.6 Å². The molecule has 1 aromatic heterocycles. The van der Waals surface area contributed by atoms with Crippen molar-refractivity contribution < 1.29 is 9.53 Å². The van der Waals surface area contributed by atoms with Crippen LogP contribution in [0.3, 0.4) is 0 Å². The van der Waals surface area contributed by atoms with Crippen LogP contribution in [0.2, 0.25) is 5.02 Å². The molecule has 1 aliphatic rings. The number of aromatic nitrogens is 2. The SMILES string of the molecule is COC(=O)Cn1ncc(N2CCCC(N)C2)c(Cl)c1=O. The van der Waals surface area contributed by atoms with E-state index in [-0.39, 0.29) is 17.6 Å². The predicted molar refractivity (Wildman–Crippen MR) is 74.9 cm³/mol. The minimum absolute atomic E-state index is 0.0537. The van der Waals surface area contributed by atoms with Gasteiger partial charge in [-0.15, -0.1) is 0 Å². The van der Waals surface area contributed by atoms with E-state index in [1.54, 1.807) is 0 Å². The van der Waals surface area contributed by atoms with Gasteiger partial charge in [0.15, 0.2) is 0 Å². The second-order valence-corrected chi connectivity index (χ2v) is 5.11. The van der Waals surface area contributed by atoms with Crippen LogP contribution in [0, 0.1) is 0 Å². The topological polar surface area (TPSA) is 90.5 Å². The molecule has 0 aromatic carbocycles. The van der Waals surface area contributed by atoms with Crippen molar-refractivity contribution in [2.75, 3.05) is 25.1 Å². The zero-order valence-electron chi connectivity index (χ0n) is 11.2. The van der Waals surface area contributed by atoms with Gasteiger partial charge in [-0.3, -0.25) is 9.59 Å². The summed E-state index contributed by atoms with van der Waals surface area (Å²) in [6.45, 7) is 1.17. The van der Waals surface area contributed by atoms with Crippen molar-refractivity contribution in [1.82, 2.24) is 9.78 Å². The number of ether oxygens (including phenoxy) is 1. The third kappa shape index (κ3) is 3.10. The van der Waals surface area contributed by atoms with Crippen LogP contribution in [-0.4, -0.2) is 42.0 Å². The Balaban J connectivity index is 2.26. The third-order valence-electron chi connectivity index (χ3n) is 3.27. The first kappa shape index (κ1) is 14.8. The molecule has 1 unspecified atom stereocenters. The molecule has 0 bridgehead atoms. The molecule has 1 saturated heterocycles. The number of anilines is 1. The van der Waals surface area contributed by atoms with E-state index in [1.165, 1.54) is 13.3 Å². The Hall–Kier alpha value is -1.60. The molecule has 0 radical (unpaired) electrons. The molecule has 1 atom stereocenters. The number of methoxy groups -OCH3 is 1. The molecule has 2 N–H and O–H groups in total. The summed E-state index contributed by atoms with van der Waals surface area (Å²) in [5.74, 6) is -0.552. The van der Waals surface area contributed by atoms with Crippen LogP contribution in [0.4, 0.5) is 5.69 Å². The van der Waals surface area contributed by atoms with E-state index < -0.39 is 11.5 Å². The number of hydrogen-bond donors (Lipinski definition) is 1. The average Bonchev–Trinajstić information content (AvgIpc) is 2.44. The van der Waals surface area contributed by atoms with Crippen LogP contribution in [0.1, 0.15) is 12.8 Å². The number of rotatable bonds is 3. The van der Waals surface area contributed by atoms with Gasteiger partial charge in [0.25, 0.3) is 5.56 Å². The van der Waals surface area contributed by atoms with Crippen LogP contribution < -0.4 is 16.2 Å². The molecule has 0 spiro atoms. The minimum Gasteiger partial charge on any atom is -0.468 e. The lowest BCUT2D eigenvalue weighted by Crippen LogP contribution is -2.43. The van der Waals surface area contributed by atoms with E-state index in [0.717, 1.165) is 24.1 Å². The Labute approximate surface area is 121 Å². The fourth-order valence-electron chi connectivity index (χ4n) is 2.21. The number of nitrogens with two attached hydrogens (primary N) is 1. The predicted octanol–water partition coefficient (Wildman–Crippen LogP) is -0.00280. The molecule has 0 saturated carbocycles.